The molecule has 1 atom stereocenters. The van der Waals surface area contributed by atoms with E-state index in [1.165, 1.54) is 6.42 Å². The summed E-state index contributed by atoms with van der Waals surface area (Å²) in [5.41, 5.74) is 0.0826. The van der Waals surface area contributed by atoms with Crippen LogP contribution in [0.3, 0.4) is 0 Å². The van der Waals surface area contributed by atoms with E-state index in [9.17, 15) is 5.11 Å². The van der Waals surface area contributed by atoms with Gasteiger partial charge in [-0.1, -0.05) is 6.42 Å². The summed E-state index contributed by atoms with van der Waals surface area (Å²) in [6, 6.07) is 0. The summed E-state index contributed by atoms with van der Waals surface area (Å²) in [7, 11) is 1.92. The summed E-state index contributed by atoms with van der Waals surface area (Å²) in [6.07, 6.45) is 7.14. The van der Waals surface area contributed by atoms with Crippen LogP contribution in [0.4, 0.5) is 0 Å². The van der Waals surface area contributed by atoms with Crippen LogP contribution >= 0.6 is 0 Å². The zero-order valence-electron chi connectivity index (χ0n) is 8.20. The van der Waals surface area contributed by atoms with Crippen molar-refractivity contribution in [3.05, 3.63) is 18.2 Å². The molecule has 0 aromatic carbocycles. The lowest BCUT2D eigenvalue weighted by atomic mass is 9.72. The van der Waals surface area contributed by atoms with Crippen LogP contribution in [0, 0.1) is 5.92 Å². The van der Waals surface area contributed by atoms with Gasteiger partial charge in [0.2, 0.25) is 0 Å². The fourth-order valence-corrected chi connectivity index (χ4v) is 1.85. The summed E-state index contributed by atoms with van der Waals surface area (Å²) in [5, 5.41) is 10.2. The van der Waals surface area contributed by atoms with Crippen LogP contribution < -0.4 is 0 Å². The van der Waals surface area contributed by atoms with Crippen LogP contribution in [0.25, 0.3) is 0 Å². The number of aliphatic hydroxyl groups is 1. The molecule has 1 aromatic rings. The standard InChI is InChI=1S/C10H16N2O/c1-10(13,8-4-3-5-8)9-6-12(2)7-11-9/h6-8,13H,3-5H2,1-2H3. The predicted molar refractivity (Wildman–Crippen MR) is 50.1 cm³/mol. The number of hydrogen-bond donors (Lipinski definition) is 1. The minimum absolute atomic E-state index is 0.405. The monoisotopic (exact) mass is 180 g/mol. The number of nitrogens with zero attached hydrogens (tertiary/aromatic N) is 2. The molecular formula is C10H16N2O. The Labute approximate surface area is 78.4 Å². The van der Waals surface area contributed by atoms with Crippen molar-refractivity contribution in [1.29, 1.82) is 0 Å². The third-order valence-corrected chi connectivity index (χ3v) is 3.12. The normalized spacial score (nSPS) is 22.4. The first-order chi connectivity index (χ1) is 6.10. The molecule has 0 spiro atoms. The smallest absolute Gasteiger partial charge is 0.108 e. The van der Waals surface area contributed by atoms with Gasteiger partial charge in [0.05, 0.1) is 12.0 Å². The van der Waals surface area contributed by atoms with Gasteiger partial charge in [-0.2, -0.15) is 0 Å². The van der Waals surface area contributed by atoms with Crippen molar-refractivity contribution in [3.63, 3.8) is 0 Å². The third kappa shape index (κ3) is 1.37. The van der Waals surface area contributed by atoms with Crippen molar-refractivity contribution in [2.24, 2.45) is 13.0 Å². The van der Waals surface area contributed by atoms with E-state index in [-0.39, 0.29) is 0 Å². The van der Waals surface area contributed by atoms with E-state index >= 15 is 0 Å². The predicted octanol–water partition coefficient (Wildman–Crippen LogP) is 1.43. The topological polar surface area (TPSA) is 38.0 Å². The summed E-state index contributed by atoms with van der Waals surface area (Å²) >= 11 is 0. The number of aromatic nitrogens is 2. The van der Waals surface area contributed by atoms with Crippen molar-refractivity contribution in [2.45, 2.75) is 31.8 Å². The van der Waals surface area contributed by atoms with Gasteiger partial charge in [-0.05, 0) is 25.7 Å². The molecule has 3 heteroatoms. The summed E-state index contributed by atoms with van der Waals surface area (Å²) in [6.45, 7) is 1.87. The molecule has 0 bridgehead atoms. The average molecular weight is 180 g/mol. The van der Waals surface area contributed by atoms with E-state index in [0.717, 1.165) is 18.5 Å². The summed E-state index contributed by atoms with van der Waals surface area (Å²) in [5.74, 6) is 0.405. The first-order valence-corrected chi connectivity index (χ1v) is 4.81. The summed E-state index contributed by atoms with van der Waals surface area (Å²) < 4.78 is 1.88. The van der Waals surface area contributed by atoms with Gasteiger partial charge in [-0.25, -0.2) is 4.98 Å². The summed E-state index contributed by atoms with van der Waals surface area (Å²) in [4.78, 5) is 4.20. The van der Waals surface area contributed by atoms with E-state index in [1.54, 1.807) is 6.33 Å². The molecule has 1 saturated carbocycles. The molecule has 0 amide bonds. The zero-order valence-corrected chi connectivity index (χ0v) is 8.20. The van der Waals surface area contributed by atoms with Gasteiger partial charge in [-0.15, -0.1) is 0 Å². The fourth-order valence-electron chi connectivity index (χ4n) is 1.85. The van der Waals surface area contributed by atoms with Gasteiger partial charge in [0.1, 0.15) is 5.60 Å². The van der Waals surface area contributed by atoms with Gasteiger partial charge in [0, 0.05) is 13.2 Å². The highest BCUT2D eigenvalue weighted by molar-refractivity contribution is 5.10. The van der Waals surface area contributed by atoms with E-state index in [2.05, 4.69) is 4.98 Å². The maximum Gasteiger partial charge on any atom is 0.108 e. The van der Waals surface area contributed by atoms with Crippen molar-refractivity contribution in [3.8, 4) is 0 Å². The van der Waals surface area contributed by atoms with Crippen molar-refractivity contribution in [2.75, 3.05) is 0 Å². The van der Waals surface area contributed by atoms with Crippen LogP contribution in [-0.4, -0.2) is 14.7 Å². The molecule has 1 aliphatic rings. The van der Waals surface area contributed by atoms with Gasteiger partial charge in [0.25, 0.3) is 0 Å². The van der Waals surface area contributed by atoms with E-state index < -0.39 is 5.60 Å². The van der Waals surface area contributed by atoms with Crippen LogP contribution in [0.2, 0.25) is 0 Å². The molecule has 0 radical (unpaired) electrons. The van der Waals surface area contributed by atoms with Gasteiger partial charge < -0.3 is 9.67 Å². The maximum atomic E-state index is 10.2. The lowest BCUT2D eigenvalue weighted by Crippen LogP contribution is -2.36. The maximum absolute atomic E-state index is 10.2. The number of rotatable bonds is 2. The molecule has 1 aromatic heterocycles. The third-order valence-electron chi connectivity index (χ3n) is 3.12. The van der Waals surface area contributed by atoms with Gasteiger partial charge in [0.15, 0.2) is 0 Å². The number of hydrogen-bond acceptors (Lipinski definition) is 2. The Morgan fingerprint density at radius 2 is 2.31 bits per heavy atom. The largest absolute Gasteiger partial charge is 0.383 e. The highest BCUT2D eigenvalue weighted by atomic mass is 16.3. The van der Waals surface area contributed by atoms with Gasteiger partial charge >= 0.3 is 0 Å². The Balaban J connectivity index is 2.22. The molecular weight excluding hydrogens is 164 g/mol. The van der Waals surface area contributed by atoms with E-state index in [1.807, 2.05) is 24.7 Å². The van der Waals surface area contributed by atoms with Crippen molar-refractivity contribution in [1.82, 2.24) is 9.55 Å². The van der Waals surface area contributed by atoms with Crippen LogP contribution in [0.15, 0.2) is 12.5 Å². The Bertz CT molecular complexity index is 300. The lowest BCUT2D eigenvalue weighted by molar-refractivity contribution is -0.0431. The molecule has 1 unspecified atom stereocenters. The number of aryl methyl sites for hydroxylation is 1. The molecule has 1 fully saturated rings. The molecule has 1 N–H and O–H groups in total. The lowest BCUT2D eigenvalue weighted by Gasteiger charge is -2.37. The highest BCUT2D eigenvalue weighted by Gasteiger charge is 2.38. The molecule has 3 nitrogen and oxygen atoms in total. The molecule has 2 rings (SSSR count). The average Bonchev–Trinajstić information content (AvgIpc) is 2.30. The molecule has 0 saturated heterocycles. The minimum Gasteiger partial charge on any atom is -0.383 e. The van der Waals surface area contributed by atoms with Crippen molar-refractivity contribution < 1.29 is 5.11 Å². The second-order valence-corrected chi connectivity index (χ2v) is 4.20. The minimum atomic E-state index is -0.723. The molecule has 0 aliphatic heterocycles. The molecule has 13 heavy (non-hydrogen) atoms. The van der Waals surface area contributed by atoms with Gasteiger partial charge in [-0.3, -0.25) is 0 Å². The second kappa shape index (κ2) is 2.84. The molecule has 1 heterocycles. The zero-order chi connectivity index (χ0) is 9.47. The Hall–Kier alpha value is -0.830. The van der Waals surface area contributed by atoms with Crippen LogP contribution in [0.1, 0.15) is 31.9 Å². The number of imidazole rings is 1. The van der Waals surface area contributed by atoms with Crippen LogP contribution in [0.5, 0.6) is 0 Å². The molecule has 72 valence electrons. The Morgan fingerprint density at radius 1 is 1.62 bits per heavy atom. The quantitative estimate of drug-likeness (QED) is 0.747. The molecule has 1 aliphatic carbocycles. The van der Waals surface area contributed by atoms with E-state index in [4.69, 9.17) is 0 Å². The second-order valence-electron chi connectivity index (χ2n) is 4.20. The first-order valence-electron chi connectivity index (χ1n) is 4.81. The van der Waals surface area contributed by atoms with E-state index in [0.29, 0.717) is 5.92 Å². The fraction of sp³-hybridized carbons (Fsp3) is 0.700. The Kier molecular flexibility index (Phi) is 1.91. The SMILES string of the molecule is Cn1cnc(C(C)(O)C2CCC2)c1. The highest BCUT2D eigenvalue weighted by Crippen LogP contribution is 2.41. The van der Waals surface area contributed by atoms with Crippen molar-refractivity contribution >= 4 is 0 Å². The Morgan fingerprint density at radius 3 is 2.69 bits per heavy atom. The van der Waals surface area contributed by atoms with Crippen LogP contribution in [-0.2, 0) is 12.6 Å². The first kappa shape index (κ1) is 8.75.